The molecule has 0 aromatic heterocycles. The third-order valence-electron chi connectivity index (χ3n) is 4.84. The second-order valence-electron chi connectivity index (χ2n) is 6.64. The van der Waals surface area contributed by atoms with Crippen LogP contribution in [0.25, 0.3) is 0 Å². The number of hydrogen-bond acceptors (Lipinski definition) is 3. The summed E-state index contributed by atoms with van der Waals surface area (Å²) in [5, 5.41) is 0. The third kappa shape index (κ3) is 3.11. The molecule has 1 amide bonds. The maximum atomic E-state index is 12.6. The smallest absolute Gasteiger partial charge is 0.228 e. The molecule has 0 N–H and O–H groups in total. The van der Waals surface area contributed by atoms with Gasteiger partial charge in [-0.1, -0.05) is 27.7 Å². The normalized spacial score (nSPS) is 29.8. The molecule has 0 saturated carbocycles. The van der Waals surface area contributed by atoms with Crippen LogP contribution in [-0.2, 0) is 9.53 Å². The number of carbonyl (C=O) groups is 1. The monoisotopic (exact) mass is 268 g/mol. The van der Waals surface area contributed by atoms with E-state index in [9.17, 15) is 4.79 Å². The minimum absolute atomic E-state index is 0.223. The van der Waals surface area contributed by atoms with Gasteiger partial charge in [0.1, 0.15) is 0 Å². The Morgan fingerprint density at radius 1 is 1.26 bits per heavy atom. The highest BCUT2D eigenvalue weighted by Gasteiger charge is 2.40. The number of likely N-dealkylation sites (tertiary alicyclic amines) is 1. The summed E-state index contributed by atoms with van der Waals surface area (Å²) < 4.78 is 5.42. The number of rotatable bonds is 3. The van der Waals surface area contributed by atoms with Crippen LogP contribution in [-0.4, -0.2) is 61.1 Å². The number of hydrogen-bond donors (Lipinski definition) is 0. The molecule has 2 fully saturated rings. The largest absolute Gasteiger partial charge is 0.379 e. The van der Waals surface area contributed by atoms with E-state index in [1.54, 1.807) is 0 Å². The molecule has 2 aliphatic heterocycles. The van der Waals surface area contributed by atoms with Crippen LogP contribution in [0.15, 0.2) is 0 Å². The van der Waals surface area contributed by atoms with E-state index >= 15 is 0 Å². The van der Waals surface area contributed by atoms with Crippen LogP contribution in [0.3, 0.4) is 0 Å². The Bertz CT molecular complexity index is 324. The van der Waals surface area contributed by atoms with Crippen molar-refractivity contribution in [1.29, 1.82) is 0 Å². The first kappa shape index (κ1) is 14.8. The highest BCUT2D eigenvalue weighted by molar-refractivity contribution is 5.82. The summed E-state index contributed by atoms with van der Waals surface area (Å²) in [5.74, 6) is 0.882. The van der Waals surface area contributed by atoms with Crippen molar-refractivity contribution in [2.24, 2.45) is 11.3 Å². The first-order valence-corrected chi connectivity index (χ1v) is 7.57. The van der Waals surface area contributed by atoms with Gasteiger partial charge in [-0.05, 0) is 12.3 Å². The molecule has 2 rings (SSSR count). The fourth-order valence-corrected chi connectivity index (χ4v) is 3.08. The van der Waals surface area contributed by atoms with E-state index in [-0.39, 0.29) is 5.41 Å². The standard InChI is InChI=1S/C15H28N2O2/c1-5-15(3,4)14(18)17-10-12(2)13(11-17)16-6-8-19-9-7-16/h12-13H,5-11H2,1-4H3. The molecule has 0 aromatic carbocycles. The minimum Gasteiger partial charge on any atom is -0.379 e. The zero-order valence-corrected chi connectivity index (χ0v) is 12.8. The molecule has 2 aliphatic rings. The second-order valence-corrected chi connectivity index (χ2v) is 6.64. The molecular weight excluding hydrogens is 240 g/mol. The average molecular weight is 268 g/mol. The lowest BCUT2D eigenvalue weighted by molar-refractivity contribution is -0.139. The maximum Gasteiger partial charge on any atom is 0.228 e. The molecule has 2 atom stereocenters. The minimum atomic E-state index is -0.223. The molecule has 0 aromatic rings. The van der Waals surface area contributed by atoms with Gasteiger partial charge < -0.3 is 9.64 Å². The number of carbonyl (C=O) groups excluding carboxylic acids is 1. The van der Waals surface area contributed by atoms with Gasteiger partial charge in [0, 0.05) is 37.6 Å². The highest BCUT2D eigenvalue weighted by Crippen LogP contribution is 2.29. The average Bonchev–Trinajstić information content (AvgIpc) is 2.80. The topological polar surface area (TPSA) is 32.8 Å². The van der Waals surface area contributed by atoms with Crippen molar-refractivity contribution in [3.8, 4) is 0 Å². The van der Waals surface area contributed by atoms with Crippen LogP contribution >= 0.6 is 0 Å². The van der Waals surface area contributed by atoms with Crippen LogP contribution in [0.2, 0.25) is 0 Å². The SMILES string of the molecule is CCC(C)(C)C(=O)N1CC(C)C(N2CCOCC2)C1. The van der Waals surface area contributed by atoms with Crippen LogP contribution in [0.4, 0.5) is 0 Å². The summed E-state index contributed by atoms with van der Waals surface area (Å²) in [4.78, 5) is 17.1. The number of morpholine rings is 1. The van der Waals surface area contributed by atoms with E-state index in [1.807, 2.05) is 0 Å². The molecule has 0 radical (unpaired) electrons. The molecular formula is C15H28N2O2. The molecule has 4 heteroatoms. The van der Waals surface area contributed by atoms with Crippen molar-refractivity contribution in [3.05, 3.63) is 0 Å². The fraction of sp³-hybridized carbons (Fsp3) is 0.933. The van der Waals surface area contributed by atoms with Crippen molar-refractivity contribution < 1.29 is 9.53 Å². The lowest BCUT2D eigenvalue weighted by Gasteiger charge is -2.34. The van der Waals surface area contributed by atoms with Gasteiger partial charge in [-0.3, -0.25) is 9.69 Å². The summed E-state index contributed by atoms with van der Waals surface area (Å²) >= 11 is 0. The molecule has 2 saturated heterocycles. The van der Waals surface area contributed by atoms with Crippen molar-refractivity contribution in [1.82, 2.24) is 9.80 Å². The molecule has 0 bridgehead atoms. The molecule has 19 heavy (non-hydrogen) atoms. The van der Waals surface area contributed by atoms with Gasteiger partial charge in [-0.25, -0.2) is 0 Å². The van der Waals surface area contributed by atoms with Crippen molar-refractivity contribution in [3.63, 3.8) is 0 Å². The van der Waals surface area contributed by atoms with Crippen molar-refractivity contribution >= 4 is 5.91 Å². The van der Waals surface area contributed by atoms with Crippen molar-refractivity contribution in [2.75, 3.05) is 39.4 Å². The molecule has 2 heterocycles. The lowest BCUT2D eigenvalue weighted by atomic mass is 9.88. The number of nitrogens with zero attached hydrogens (tertiary/aromatic N) is 2. The van der Waals surface area contributed by atoms with Crippen LogP contribution in [0.1, 0.15) is 34.1 Å². The highest BCUT2D eigenvalue weighted by atomic mass is 16.5. The number of ether oxygens (including phenoxy) is 1. The lowest BCUT2D eigenvalue weighted by Crippen LogP contribution is -2.47. The van der Waals surface area contributed by atoms with E-state index in [1.165, 1.54) is 0 Å². The van der Waals surface area contributed by atoms with Gasteiger partial charge in [0.05, 0.1) is 13.2 Å². The van der Waals surface area contributed by atoms with E-state index < -0.39 is 0 Å². The summed E-state index contributed by atoms with van der Waals surface area (Å²) in [6, 6.07) is 0.514. The molecule has 0 aliphatic carbocycles. The van der Waals surface area contributed by atoms with E-state index in [4.69, 9.17) is 4.74 Å². The summed E-state index contributed by atoms with van der Waals surface area (Å²) in [6.45, 7) is 14.0. The molecule has 4 nitrogen and oxygen atoms in total. The first-order valence-electron chi connectivity index (χ1n) is 7.57. The summed E-state index contributed by atoms with van der Waals surface area (Å²) in [6.07, 6.45) is 0.902. The zero-order chi connectivity index (χ0) is 14.0. The van der Waals surface area contributed by atoms with Crippen LogP contribution in [0.5, 0.6) is 0 Å². The Labute approximate surface area is 117 Å². The zero-order valence-electron chi connectivity index (χ0n) is 12.8. The molecule has 110 valence electrons. The van der Waals surface area contributed by atoms with E-state index in [0.29, 0.717) is 17.9 Å². The maximum absolute atomic E-state index is 12.6. The van der Waals surface area contributed by atoms with Crippen molar-refractivity contribution in [2.45, 2.75) is 40.2 Å². The number of amides is 1. The van der Waals surface area contributed by atoms with Gasteiger partial charge in [0.2, 0.25) is 5.91 Å². The molecule has 0 spiro atoms. The predicted molar refractivity (Wildman–Crippen MR) is 76.0 cm³/mol. The Balaban J connectivity index is 1.98. The summed E-state index contributed by atoms with van der Waals surface area (Å²) in [7, 11) is 0. The Hall–Kier alpha value is -0.610. The third-order valence-corrected chi connectivity index (χ3v) is 4.84. The van der Waals surface area contributed by atoms with E-state index in [0.717, 1.165) is 45.8 Å². The molecule has 2 unspecified atom stereocenters. The van der Waals surface area contributed by atoms with Gasteiger partial charge >= 0.3 is 0 Å². The van der Waals surface area contributed by atoms with Gasteiger partial charge in [0.15, 0.2) is 0 Å². The van der Waals surface area contributed by atoms with Gasteiger partial charge in [-0.15, -0.1) is 0 Å². The van der Waals surface area contributed by atoms with E-state index in [2.05, 4.69) is 37.5 Å². The second kappa shape index (κ2) is 5.80. The summed E-state index contributed by atoms with van der Waals surface area (Å²) in [5.41, 5.74) is -0.223. The van der Waals surface area contributed by atoms with Gasteiger partial charge in [-0.2, -0.15) is 0 Å². The fourth-order valence-electron chi connectivity index (χ4n) is 3.08. The predicted octanol–water partition coefficient (Wildman–Crippen LogP) is 1.60. The Kier molecular flexibility index (Phi) is 4.51. The Morgan fingerprint density at radius 3 is 2.47 bits per heavy atom. The van der Waals surface area contributed by atoms with Crippen LogP contribution in [0, 0.1) is 11.3 Å². The first-order chi connectivity index (χ1) is 8.95. The van der Waals surface area contributed by atoms with Crippen LogP contribution < -0.4 is 0 Å². The van der Waals surface area contributed by atoms with Gasteiger partial charge in [0.25, 0.3) is 0 Å². The quantitative estimate of drug-likeness (QED) is 0.779. The Morgan fingerprint density at radius 2 is 1.89 bits per heavy atom.